The molecule has 132 valence electrons. The zero-order valence-corrected chi connectivity index (χ0v) is 14.6. The van der Waals surface area contributed by atoms with E-state index < -0.39 is 16.0 Å². The number of unbranched alkanes of at least 4 members (excludes halogenated alkanes) is 2. The van der Waals surface area contributed by atoms with E-state index in [-0.39, 0.29) is 11.3 Å². The maximum atomic E-state index is 12.2. The molecule has 0 unspecified atom stereocenters. The second-order valence-corrected chi connectivity index (χ2v) is 7.26. The quantitative estimate of drug-likeness (QED) is 0.659. The average molecular weight is 359 g/mol. The second-order valence-electron chi connectivity index (χ2n) is 5.58. The van der Waals surface area contributed by atoms with E-state index in [0.29, 0.717) is 12.1 Å². The van der Waals surface area contributed by atoms with Crippen LogP contribution in [0.3, 0.4) is 0 Å². The Labute approximate surface area is 148 Å². The summed E-state index contributed by atoms with van der Waals surface area (Å²) in [6.45, 7) is 0. The molecule has 0 radical (unpaired) electrons. The van der Waals surface area contributed by atoms with Crippen LogP contribution in [0.15, 0.2) is 65.6 Å². The van der Waals surface area contributed by atoms with Gasteiger partial charge in [0.05, 0.1) is 4.90 Å². The lowest BCUT2D eigenvalue weighted by Crippen LogP contribution is -2.12. The number of hydrogen-bond acceptors (Lipinski definition) is 3. The number of carboxylic acid groups (broad SMARTS) is 1. The van der Waals surface area contributed by atoms with Crippen molar-refractivity contribution in [2.45, 2.75) is 30.6 Å². The fourth-order valence-corrected chi connectivity index (χ4v) is 3.31. The predicted octanol–water partition coefficient (Wildman–Crippen LogP) is 4.15. The first kappa shape index (κ1) is 18.7. The Balaban J connectivity index is 1.88. The molecule has 0 aromatic heterocycles. The molecule has 0 bridgehead atoms. The summed E-state index contributed by atoms with van der Waals surface area (Å²) in [6.07, 6.45) is 6.44. The summed E-state index contributed by atoms with van der Waals surface area (Å²) in [5.41, 5.74) is 1.46. The third-order valence-corrected chi connectivity index (χ3v) is 4.94. The van der Waals surface area contributed by atoms with Crippen molar-refractivity contribution in [1.82, 2.24) is 0 Å². The summed E-state index contributed by atoms with van der Waals surface area (Å²) >= 11 is 0. The number of anilines is 1. The zero-order chi connectivity index (χ0) is 18.1. The maximum Gasteiger partial charge on any atom is 0.303 e. The van der Waals surface area contributed by atoms with Gasteiger partial charge in [0, 0.05) is 12.1 Å². The zero-order valence-electron chi connectivity index (χ0n) is 13.8. The van der Waals surface area contributed by atoms with Crippen molar-refractivity contribution in [1.29, 1.82) is 0 Å². The van der Waals surface area contributed by atoms with Crippen LogP contribution in [0.5, 0.6) is 0 Å². The van der Waals surface area contributed by atoms with E-state index in [9.17, 15) is 13.2 Å². The minimum atomic E-state index is -3.58. The van der Waals surface area contributed by atoms with Gasteiger partial charge in [0.15, 0.2) is 0 Å². The van der Waals surface area contributed by atoms with Crippen LogP contribution in [-0.4, -0.2) is 19.5 Å². The highest BCUT2D eigenvalue weighted by molar-refractivity contribution is 7.92. The van der Waals surface area contributed by atoms with Gasteiger partial charge in [-0.05, 0) is 49.1 Å². The lowest BCUT2D eigenvalue weighted by molar-refractivity contribution is -0.137. The molecular weight excluding hydrogens is 338 g/mol. The molecule has 0 aliphatic rings. The van der Waals surface area contributed by atoms with Crippen LogP contribution in [-0.2, 0) is 14.8 Å². The molecule has 2 aromatic carbocycles. The smallest absolute Gasteiger partial charge is 0.303 e. The van der Waals surface area contributed by atoms with Gasteiger partial charge in [-0.2, -0.15) is 0 Å². The first-order valence-corrected chi connectivity index (χ1v) is 9.52. The lowest BCUT2D eigenvalue weighted by atomic mass is 10.1. The largest absolute Gasteiger partial charge is 0.481 e. The molecule has 0 heterocycles. The number of hydrogen-bond donors (Lipinski definition) is 2. The van der Waals surface area contributed by atoms with Crippen LogP contribution in [0.25, 0.3) is 6.08 Å². The molecule has 0 atom stereocenters. The highest BCUT2D eigenvalue weighted by Crippen LogP contribution is 2.17. The molecule has 0 aliphatic heterocycles. The molecule has 0 saturated heterocycles. The Bertz CT molecular complexity index is 812. The standard InChI is InChI=1S/C19H21NO4S/c21-19(22)11-7-2-1-4-8-16-12-14-17(15-13-16)20-25(23,24)18-9-5-3-6-10-18/h3-6,8-10,12-15,20H,1-2,7,11H2,(H,21,22)/b8-4-. The van der Waals surface area contributed by atoms with Gasteiger partial charge in [-0.3, -0.25) is 9.52 Å². The summed E-state index contributed by atoms with van der Waals surface area (Å²) in [5, 5.41) is 8.56. The third-order valence-electron chi connectivity index (χ3n) is 3.54. The number of nitrogens with one attached hydrogen (secondary N) is 1. The number of carboxylic acids is 1. The molecule has 2 aromatic rings. The molecule has 0 spiro atoms. The molecule has 2 rings (SSSR count). The number of allylic oxidation sites excluding steroid dienone is 1. The molecule has 5 nitrogen and oxygen atoms in total. The van der Waals surface area contributed by atoms with Gasteiger partial charge in [0.1, 0.15) is 0 Å². The number of sulfonamides is 1. The molecule has 0 saturated carbocycles. The minimum absolute atomic E-state index is 0.199. The van der Waals surface area contributed by atoms with Gasteiger partial charge in [-0.15, -0.1) is 0 Å². The Morgan fingerprint density at radius 2 is 1.68 bits per heavy atom. The maximum absolute atomic E-state index is 12.2. The van der Waals surface area contributed by atoms with Gasteiger partial charge in [0.25, 0.3) is 10.0 Å². The first-order valence-electron chi connectivity index (χ1n) is 8.04. The van der Waals surface area contributed by atoms with Crippen LogP contribution in [0.1, 0.15) is 31.2 Å². The van der Waals surface area contributed by atoms with Gasteiger partial charge >= 0.3 is 5.97 Å². The fraction of sp³-hybridized carbons (Fsp3) is 0.211. The first-order chi connectivity index (χ1) is 12.0. The lowest BCUT2D eigenvalue weighted by Gasteiger charge is -2.08. The predicted molar refractivity (Wildman–Crippen MR) is 98.8 cm³/mol. The Hall–Kier alpha value is -2.60. The highest BCUT2D eigenvalue weighted by atomic mass is 32.2. The fourth-order valence-electron chi connectivity index (χ4n) is 2.23. The van der Waals surface area contributed by atoms with Crippen molar-refractivity contribution in [3.63, 3.8) is 0 Å². The van der Waals surface area contributed by atoms with Crippen molar-refractivity contribution >= 4 is 27.8 Å². The van der Waals surface area contributed by atoms with Crippen LogP contribution < -0.4 is 4.72 Å². The van der Waals surface area contributed by atoms with Crippen LogP contribution in [0.4, 0.5) is 5.69 Å². The van der Waals surface area contributed by atoms with Gasteiger partial charge in [-0.25, -0.2) is 8.42 Å². The minimum Gasteiger partial charge on any atom is -0.481 e. The molecular formula is C19H21NO4S. The van der Waals surface area contributed by atoms with Gasteiger partial charge < -0.3 is 5.11 Å². The van der Waals surface area contributed by atoms with Crippen LogP contribution in [0.2, 0.25) is 0 Å². The number of aliphatic carboxylic acids is 1. The topological polar surface area (TPSA) is 83.5 Å². The monoisotopic (exact) mass is 359 g/mol. The van der Waals surface area contributed by atoms with E-state index in [1.165, 1.54) is 0 Å². The van der Waals surface area contributed by atoms with Gasteiger partial charge in [-0.1, -0.05) is 42.5 Å². The highest BCUT2D eigenvalue weighted by Gasteiger charge is 2.12. The van der Waals surface area contributed by atoms with E-state index in [1.54, 1.807) is 42.5 Å². The van der Waals surface area contributed by atoms with Crippen molar-refractivity contribution in [2.75, 3.05) is 4.72 Å². The average Bonchev–Trinajstić information content (AvgIpc) is 2.60. The van der Waals surface area contributed by atoms with E-state index >= 15 is 0 Å². The van der Waals surface area contributed by atoms with Gasteiger partial charge in [0.2, 0.25) is 0 Å². The molecule has 0 aliphatic carbocycles. The number of rotatable bonds is 9. The Kier molecular flexibility index (Phi) is 6.77. The van der Waals surface area contributed by atoms with Crippen molar-refractivity contribution in [3.05, 3.63) is 66.2 Å². The van der Waals surface area contributed by atoms with Crippen LogP contribution in [0, 0.1) is 0 Å². The summed E-state index contributed by atoms with van der Waals surface area (Å²) in [4.78, 5) is 10.6. The molecule has 0 amide bonds. The molecule has 0 fully saturated rings. The summed E-state index contributed by atoms with van der Waals surface area (Å²) in [6, 6.07) is 15.3. The van der Waals surface area contributed by atoms with Crippen molar-refractivity contribution < 1.29 is 18.3 Å². The van der Waals surface area contributed by atoms with Crippen molar-refractivity contribution in [3.8, 4) is 0 Å². The molecule has 25 heavy (non-hydrogen) atoms. The summed E-state index contributed by atoms with van der Waals surface area (Å²) < 4.78 is 27.0. The Morgan fingerprint density at radius 3 is 2.32 bits per heavy atom. The van der Waals surface area contributed by atoms with E-state index in [0.717, 1.165) is 18.4 Å². The molecule has 6 heteroatoms. The number of benzene rings is 2. The van der Waals surface area contributed by atoms with E-state index in [4.69, 9.17) is 5.11 Å². The van der Waals surface area contributed by atoms with E-state index in [2.05, 4.69) is 4.72 Å². The SMILES string of the molecule is O=C(O)CCCC/C=C\c1ccc(NS(=O)(=O)c2ccccc2)cc1. The summed E-state index contributed by atoms with van der Waals surface area (Å²) in [5.74, 6) is -0.766. The second kappa shape index (κ2) is 9.03. The molecule has 2 N–H and O–H groups in total. The number of carbonyl (C=O) groups is 1. The normalized spacial score (nSPS) is 11.5. The van der Waals surface area contributed by atoms with Crippen LogP contribution >= 0.6 is 0 Å². The van der Waals surface area contributed by atoms with Crippen molar-refractivity contribution in [2.24, 2.45) is 0 Å². The third kappa shape index (κ3) is 6.43. The van der Waals surface area contributed by atoms with E-state index in [1.807, 2.05) is 24.3 Å². The Morgan fingerprint density at radius 1 is 1.00 bits per heavy atom. The summed E-state index contributed by atoms with van der Waals surface area (Å²) in [7, 11) is -3.58.